The van der Waals surface area contributed by atoms with E-state index < -0.39 is 0 Å². The smallest absolute Gasteiger partial charge is 0.240 e. The Morgan fingerprint density at radius 1 is 1.20 bits per heavy atom. The van der Waals surface area contributed by atoms with Gasteiger partial charge in [-0.1, -0.05) is 40.6 Å². The van der Waals surface area contributed by atoms with Crippen molar-refractivity contribution in [3.05, 3.63) is 38.8 Å². The van der Waals surface area contributed by atoms with Crippen LogP contribution in [0, 0.1) is 6.92 Å². The number of carbonyl (C=O) groups excluding carboxylic acids is 1. The molecule has 1 aliphatic heterocycles. The Balaban J connectivity index is 1.44. The Morgan fingerprint density at radius 2 is 1.92 bits per heavy atom. The highest BCUT2D eigenvalue weighted by atomic mass is 35.5. The topological polar surface area (TPSA) is 61.4 Å². The van der Waals surface area contributed by atoms with E-state index in [4.69, 9.17) is 23.2 Å². The molecule has 134 valence electrons. The minimum absolute atomic E-state index is 0.0506. The fourth-order valence-electron chi connectivity index (χ4n) is 2.71. The van der Waals surface area contributed by atoms with E-state index in [-0.39, 0.29) is 5.91 Å². The number of rotatable bonds is 5. The average molecular weight is 400 g/mol. The summed E-state index contributed by atoms with van der Waals surface area (Å²) in [5, 5.41) is 13.3. The number of piperazine rings is 1. The van der Waals surface area contributed by atoms with E-state index in [0.717, 1.165) is 43.3 Å². The van der Waals surface area contributed by atoms with Gasteiger partial charge in [-0.15, -0.1) is 10.2 Å². The summed E-state index contributed by atoms with van der Waals surface area (Å²) in [4.78, 5) is 16.6. The SMILES string of the molecule is Cc1nnc(NC(=O)CN2CCN(Cc3ccc(Cl)cc3Cl)CC2)s1. The molecule has 0 unspecified atom stereocenters. The molecule has 25 heavy (non-hydrogen) atoms. The number of hydrogen-bond donors (Lipinski definition) is 1. The molecule has 0 saturated carbocycles. The number of nitrogens with one attached hydrogen (secondary N) is 1. The van der Waals surface area contributed by atoms with Crippen molar-refractivity contribution in [2.75, 3.05) is 38.0 Å². The summed E-state index contributed by atoms with van der Waals surface area (Å²) in [5.41, 5.74) is 1.07. The maximum Gasteiger partial charge on any atom is 0.240 e. The van der Waals surface area contributed by atoms with Crippen molar-refractivity contribution in [3.63, 3.8) is 0 Å². The lowest BCUT2D eigenvalue weighted by Crippen LogP contribution is -2.48. The van der Waals surface area contributed by atoms with Gasteiger partial charge in [0.1, 0.15) is 5.01 Å². The molecule has 1 aromatic heterocycles. The highest BCUT2D eigenvalue weighted by Crippen LogP contribution is 2.22. The third-order valence-corrected chi connectivity index (χ3v) is 5.35. The number of carbonyl (C=O) groups is 1. The summed E-state index contributed by atoms with van der Waals surface area (Å²) < 4.78 is 0. The number of anilines is 1. The summed E-state index contributed by atoms with van der Waals surface area (Å²) in [6.07, 6.45) is 0. The number of nitrogens with zero attached hydrogens (tertiary/aromatic N) is 4. The fourth-order valence-corrected chi connectivity index (χ4v) is 3.78. The first-order valence-electron chi connectivity index (χ1n) is 7.98. The normalized spacial score (nSPS) is 16.1. The van der Waals surface area contributed by atoms with Crippen molar-refractivity contribution >= 4 is 45.6 Å². The minimum Gasteiger partial charge on any atom is -0.299 e. The van der Waals surface area contributed by atoms with Crippen molar-refractivity contribution in [1.29, 1.82) is 0 Å². The third kappa shape index (κ3) is 5.36. The maximum absolute atomic E-state index is 12.1. The summed E-state index contributed by atoms with van der Waals surface area (Å²) in [6, 6.07) is 5.60. The number of amides is 1. The van der Waals surface area contributed by atoms with Gasteiger partial charge in [0.15, 0.2) is 0 Å². The van der Waals surface area contributed by atoms with Crippen LogP contribution in [0.3, 0.4) is 0 Å². The van der Waals surface area contributed by atoms with E-state index in [9.17, 15) is 4.79 Å². The van der Waals surface area contributed by atoms with Gasteiger partial charge in [0.2, 0.25) is 11.0 Å². The molecule has 3 rings (SSSR count). The van der Waals surface area contributed by atoms with Crippen LogP contribution in [-0.2, 0) is 11.3 Å². The molecule has 1 aromatic carbocycles. The summed E-state index contributed by atoms with van der Waals surface area (Å²) >= 11 is 13.6. The third-order valence-electron chi connectivity index (χ3n) is 4.01. The van der Waals surface area contributed by atoms with Crippen LogP contribution in [0.2, 0.25) is 10.0 Å². The van der Waals surface area contributed by atoms with Gasteiger partial charge < -0.3 is 0 Å². The highest BCUT2D eigenvalue weighted by Gasteiger charge is 2.20. The van der Waals surface area contributed by atoms with E-state index in [1.807, 2.05) is 19.1 Å². The second-order valence-electron chi connectivity index (χ2n) is 5.96. The molecule has 0 bridgehead atoms. The molecule has 0 aliphatic carbocycles. The number of hydrogen-bond acceptors (Lipinski definition) is 6. The first kappa shape index (κ1) is 18.5. The molecule has 1 fully saturated rings. The quantitative estimate of drug-likeness (QED) is 0.837. The molecular formula is C16H19Cl2N5OS. The van der Waals surface area contributed by atoms with Crippen LogP contribution in [0.4, 0.5) is 5.13 Å². The van der Waals surface area contributed by atoms with Crippen LogP contribution in [0.15, 0.2) is 18.2 Å². The Bertz CT molecular complexity index is 746. The predicted octanol–water partition coefficient (Wildman–Crippen LogP) is 2.91. The van der Waals surface area contributed by atoms with E-state index in [1.165, 1.54) is 11.3 Å². The van der Waals surface area contributed by atoms with Crippen molar-refractivity contribution < 1.29 is 4.79 Å². The zero-order chi connectivity index (χ0) is 17.8. The second kappa shape index (κ2) is 8.42. The molecule has 0 atom stereocenters. The lowest BCUT2D eigenvalue weighted by molar-refractivity contribution is -0.117. The molecule has 1 amide bonds. The second-order valence-corrected chi connectivity index (χ2v) is 7.99. The van der Waals surface area contributed by atoms with Gasteiger partial charge in [-0.05, 0) is 24.6 Å². The zero-order valence-corrected chi connectivity index (χ0v) is 16.2. The Labute approximate surface area is 160 Å². The van der Waals surface area contributed by atoms with Crippen molar-refractivity contribution in [2.24, 2.45) is 0 Å². The highest BCUT2D eigenvalue weighted by molar-refractivity contribution is 7.15. The standard InChI is InChI=1S/C16H19Cl2N5OS/c1-11-20-21-16(25-11)19-15(24)10-23-6-4-22(5-7-23)9-12-2-3-13(17)8-14(12)18/h2-3,8H,4-7,9-10H2,1H3,(H,19,21,24). The van der Waals surface area contributed by atoms with E-state index in [0.29, 0.717) is 21.7 Å². The largest absolute Gasteiger partial charge is 0.299 e. The Morgan fingerprint density at radius 3 is 2.56 bits per heavy atom. The fraction of sp³-hybridized carbons (Fsp3) is 0.438. The lowest BCUT2D eigenvalue weighted by atomic mass is 10.2. The minimum atomic E-state index is -0.0506. The van der Waals surface area contributed by atoms with E-state index in [1.54, 1.807) is 6.07 Å². The van der Waals surface area contributed by atoms with E-state index in [2.05, 4.69) is 25.3 Å². The van der Waals surface area contributed by atoms with Crippen LogP contribution in [0.25, 0.3) is 0 Å². The van der Waals surface area contributed by atoms with Gasteiger partial charge >= 0.3 is 0 Å². The molecule has 9 heteroatoms. The van der Waals surface area contributed by atoms with Crippen molar-refractivity contribution in [2.45, 2.75) is 13.5 Å². The van der Waals surface area contributed by atoms with Gasteiger partial charge in [-0.3, -0.25) is 19.9 Å². The van der Waals surface area contributed by atoms with Gasteiger partial charge in [0, 0.05) is 42.8 Å². The van der Waals surface area contributed by atoms with Crippen LogP contribution in [0.1, 0.15) is 10.6 Å². The van der Waals surface area contributed by atoms with Gasteiger partial charge in [0.05, 0.1) is 6.54 Å². The molecule has 1 saturated heterocycles. The zero-order valence-electron chi connectivity index (χ0n) is 13.8. The molecule has 6 nitrogen and oxygen atoms in total. The van der Waals surface area contributed by atoms with Crippen LogP contribution in [0.5, 0.6) is 0 Å². The first-order valence-corrected chi connectivity index (χ1v) is 9.55. The van der Waals surface area contributed by atoms with Crippen molar-refractivity contribution in [1.82, 2.24) is 20.0 Å². The summed E-state index contributed by atoms with van der Waals surface area (Å²) in [7, 11) is 0. The number of benzene rings is 1. The maximum atomic E-state index is 12.1. The number of aromatic nitrogens is 2. The van der Waals surface area contributed by atoms with Crippen LogP contribution >= 0.6 is 34.5 Å². The Hall–Kier alpha value is -1.25. The molecule has 1 N–H and O–H groups in total. The molecule has 0 spiro atoms. The first-order chi connectivity index (χ1) is 12.0. The van der Waals surface area contributed by atoms with E-state index >= 15 is 0 Å². The summed E-state index contributed by atoms with van der Waals surface area (Å²) in [5.74, 6) is -0.0506. The monoisotopic (exact) mass is 399 g/mol. The predicted molar refractivity (Wildman–Crippen MR) is 101 cm³/mol. The molecule has 2 heterocycles. The number of aryl methyl sites for hydroxylation is 1. The van der Waals surface area contributed by atoms with Gasteiger partial charge in [-0.2, -0.15) is 0 Å². The Kier molecular flexibility index (Phi) is 6.24. The lowest BCUT2D eigenvalue weighted by Gasteiger charge is -2.34. The van der Waals surface area contributed by atoms with Crippen LogP contribution in [-0.4, -0.2) is 58.6 Å². The van der Waals surface area contributed by atoms with Gasteiger partial charge in [-0.25, -0.2) is 0 Å². The summed E-state index contributed by atoms with van der Waals surface area (Å²) in [6.45, 7) is 6.49. The van der Waals surface area contributed by atoms with Gasteiger partial charge in [0.25, 0.3) is 0 Å². The molecule has 0 radical (unpaired) electrons. The number of halogens is 2. The van der Waals surface area contributed by atoms with Crippen molar-refractivity contribution in [3.8, 4) is 0 Å². The molecule has 1 aliphatic rings. The molecule has 2 aromatic rings. The average Bonchev–Trinajstić information content (AvgIpc) is 2.96. The molecular weight excluding hydrogens is 381 g/mol. The van der Waals surface area contributed by atoms with Crippen LogP contribution < -0.4 is 5.32 Å².